The normalized spacial score (nSPS) is 16.9. The highest BCUT2D eigenvalue weighted by atomic mass is 16.4. The second-order valence-corrected chi connectivity index (χ2v) is 7.44. The van der Waals surface area contributed by atoms with Gasteiger partial charge in [-0.05, 0) is 61.9 Å². The number of amides is 2. The zero-order valence-corrected chi connectivity index (χ0v) is 17.7. The van der Waals surface area contributed by atoms with E-state index in [9.17, 15) is 4.79 Å². The Labute approximate surface area is 185 Å². The number of rotatable bonds is 5. The van der Waals surface area contributed by atoms with Crippen LogP contribution in [0.5, 0.6) is 0 Å². The van der Waals surface area contributed by atoms with E-state index in [1.807, 2.05) is 50.3 Å². The average Bonchev–Trinajstić information content (AvgIpc) is 3.25. The van der Waals surface area contributed by atoms with Gasteiger partial charge in [0, 0.05) is 23.3 Å². The zero-order valence-electron chi connectivity index (χ0n) is 17.7. The Balaban J connectivity index is 1.42. The third kappa shape index (κ3) is 4.84. The largest absolute Gasteiger partial charge is 0.428 e. The van der Waals surface area contributed by atoms with E-state index in [1.54, 1.807) is 36.7 Å². The summed E-state index contributed by atoms with van der Waals surface area (Å²) in [6.45, 7) is 3.98. The number of aliphatic imine (C=N–C) groups is 1. The number of nitriles is 1. The number of carbonyl (C=O) groups excluding carboxylic acids is 1. The lowest BCUT2D eigenvalue weighted by atomic mass is 9.97. The molecule has 0 spiro atoms. The first-order valence-electron chi connectivity index (χ1n) is 10.1. The number of carbonyl (C=O) groups is 1. The summed E-state index contributed by atoms with van der Waals surface area (Å²) in [5.41, 5.74) is 3.46. The molecule has 4 rings (SSSR count). The molecule has 1 aromatic heterocycles. The Kier molecular flexibility index (Phi) is 5.99. The number of benzene rings is 2. The van der Waals surface area contributed by atoms with Gasteiger partial charge in [0.1, 0.15) is 5.76 Å². The number of anilines is 4. The molecule has 1 aliphatic rings. The molecule has 2 heterocycles. The molecule has 3 N–H and O–H groups in total. The number of urea groups is 1. The van der Waals surface area contributed by atoms with Crippen LogP contribution in [0.3, 0.4) is 0 Å². The Hall–Kier alpha value is -4.38. The number of aryl methyl sites for hydroxylation is 1. The Bertz CT molecular complexity index is 1220. The predicted octanol–water partition coefficient (Wildman–Crippen LogP) is 5.36. The molecule has 0 saturated carbocycles. The zero-order chi connectivity index (χ0) is 22.5. The summed E-state index contributed by atoms with van der Waals surface area (Å²) in [7, 11) is 0. The van der Waals surface area contributed by atoms with Crippen molar-refractivity contribution in [1.29, 1.82) is 5.26 Å². The van der Waals surface area contributed by atoms with Gasteiger partial charge in [-0.1, -0.05) is 12.1 Å². The summed E-state index contributed by atoms with van der Waals surface area (Å²) >= 11 is 0. The van der Waals surface area contributed by atoms with Crippen molar-refractivity contribution < 1.29 is 9.21 Å². The van der Waals surface area contributed by atoms with Gasteiger partial charge in [0.15, 0.2) is 0 Å². The van der Waals surface area contributed by atoms with Crippen molar-refractivity contribution >= 4 is 35.3 Å². The maximum absolute atomic E-state index is 12.3. The van der Waals surface area contributed by atoms with Crippen molar-refractivity contribution in [3.8, 4) is 6.07 Å². The molecule has 160 valence electrons. The molecule has 8 heteroatoms. The molecule has 0 saturated heterocycles. The van der Waals surface area contributed by atoms with Gasteiger partial charge in [-0.25, -0.2) is 9.78 Å². The number of nitrogens with one attached hydrogen (secondary N) is 3. The van der Waals surface area contributed by atoms with Crippen LogP contribution in [-0.4, -0.2) is 23.3 Å². The summed E-state index contributed by atoms with van der Waals surface area (Å²) in [4.78, 5) is 21.1. The molecule has 2 amide bonds. The van der Waals surface area contributed by atoms with Crippen molar-refractivity contribution in [3.63, 3.8) is 0 Å². The first kappa shape index (κ1) is 20.9. The average molecular weight is 426 g/mol. The highest BCUT2D eigenvalue weighted by Gasteiger charge is 2.21. The van der Waals surface area contributed by atoms with E-state index < -0.39 is 0 Å². The molecule has 2 atom stereocenters. The molecule has 8 nitrogen and oxygen atoms in total. The van der Waals surface area contributed by atoms with Crippen LogP contribution in [0, 0.1) is 18.3 Å². The van der Waals surface area contributed by atoms with Crippen molar-refractivity contribution in [2.45, 2.75) is 25.8 Å². The van der Waals surface area contributed by atoms with Crippen LogP contribution >= 0.6 is 0 Å². The van der Waals surface area contributed by atoms with Crippen molar-refractivity contribution in [2.75, 3.05) is 16.0 Å². The van der Waals surface area contributed by atoms with Crippen LogP contribution in [0.4, 0.5) is 27.9 Å². The number of oxazole rings is 1. The van der Waals surface area contributed by atoms with Crippen LogP contribution in [0.25, 0.3) is 0 Å². The molecule has 0 aliphatic carbocycles. The molecule has 1 aliphatic heterocycles. The molecular weight excluding hydrogens is 404 g/mol. The van der Waals surface area contributed by atoms with Crippen LogP contribution in [0.15, 0.2) is 70.2 Å². The van der Waals surface area contributed by atoms with Crippen LogP contribution < -0.4 is 16.0 Å². The van der Waals surface area contributed by atoms with E-state index in [0.717, 1.165) is 17.0 Å². The minimum Gasteiger partial charge on any atom is -0.428 e. The monoisotopic (exact) mass is 426 g/mol. The number of aromatic nitrogens is 1. The summed E-state index contributed by atoms with van der Waals surface area (Å²) in [5, 5.41) is 17.6. The first-order chi connectivity index (χ1) is 15.5. The van der Waals surface area contributed by atoms with Crippen LogP contribution in [0.1, 0.15) is 29.7 Å². The fourth-order valence-electron chi connectivity index (χ4n) is 3.31. The molecule has 32 heavy (non-hydrogen) atoms. The van der Waals surface area contributed by atoms with Crippen LogP contribution in [-0.2, 0) is 0 Å². The number of hydrogen-bond acceptors (Lipinski definition) is 6. The number of nitrogens with zero attached hydrogens (tertiary/aromatic N) is 3. The van der Waals surface area contributed by atoms with Gasteiger partial charge in [-0.2, -0.15) is 5.26 Å². The fourth-order valence-corrected chi connectivity index (χ4v) is 3.31. The molecule has 3 aromatic rings. The van der Waals surface area contributed by atoms with Gasteiger partial charge in [-0.3, -0.25) is 4.99 Å². The lowest BCUT2D eigenvalue weighted by molar-refractivity contribution is 0.262. The summed E-state index contributed by atoms with van der Waals surface area (Å²) in [6.07, 6.45) is 7.44. The maximum Gasteiger partial charge on any atom is 0.323 e. The first-order valence-corrected chi connectivity index (χ1v) is 10.1. The molecule has 0 radical (unpaired) electrons. The Morgan fingerprint density at radius 1 is 1.12 bits per heavy atom. The summed E-state index contributed by atoms with van der Waals surface area (Å²) in [5.74, 6) is 0.782. The van der Waals surface area contributed by atoms with Gasteiger partial charge < -0.3 is 20.4 Å². The Morgan fingerprint density at radius 3 is 2.62 bits per heavy atom. The molecule has 0 fully saturated rings. The van der Waals surface area contributed by atoms with E-state index in [1.165, 1.54) is 0 Å². The number of allylic oxidation sites excluding steroid dienone is 1. The number of dihydropyridines is 1. The lowest BCUT2D eigenvalue weighted by Gasteiger charge is -2.16. The minimum absolute atomic E-state index is 0.0445. The Morgan fingerprint density at radius 2 is 1.88 bits per heavy atom. The molecule has 2 unspecified atom stereocenters. The van der Waals surface area contributed by atoms with Gasteiger partial charge in [0.05, 0.1) is 29.8 Å². The lowest BCUT2D eigenvalue weighted by Crippen LogP contribution is -2.19. The molecular formula is C24H22N6O2. The second-order valence-electron chi connectivity index (χ2n) is 7.44. The highest BCUT2D eigenvalue weighted by Crippen LogP contribution is 2.29. The quantitative estimate of drug-likeness (QED) is 0.508. The predicted molar refractivity (Wildman–Crippen MR) is 125 cm³/mol. The van der Waals surface area contributed by atoms with E-state index in [0.29, 0.717) is 23.0 Å². The maximum atomic E-state index is 12.3. The van der Waals surface area contributed by atoms with Gasteiger partial charge in [-0.15, -0.1) is 0 Å². The molecule has 2 aromatic carbocycles. The van der Waals surface area contributed by atoms with Gasteiger partial charge >= 0.3 is 6.03 Å². The standard InChI is InChI=1S/C24H22N6O2/c1-15-5-8-19(29-23(31)28-18-9-6-17(13-25)7-10-18)12-21(15)30-24-27-14-22(32-24)20-4-3-11-26-16(20)2/h3-12,14,16,20H,1-2H3,(H,27,30)(H2,28,29,31). The SMILES string of the molecule is Cc1ccc(NC(=O)Nc2ccc(C#N)cc2)cc1Nc1ncc(C2C=CC=NC2C)o1. The van der Waals surface area contributed by atoms with Crippen LogP contribution in [0.2, 0.25) is 0 Å². The van der Waals surface area contributed by atoms with E-state index >= 15 is 0 Å². The third-order valence-electron chi connectivity index (χ3n) is 5.11. The van der Waals surface area contributed by atoms with Crippen molar-refractivity contribution in [3.05, 3.63) is 77.7 Å². The highest BCUT2D eigenvalue weighted by molar-refractivity contribution is 6.00. The third-order valence-corrected chi connectivity index (χ3v) is 5.11. The smallest absolute Gasteiger partial charge is 0.323 e. The van der Waals surface area contributed by atoms with Gasteiger partial charge in [0.25, 0.3) is 6.01 Å². The second kappa shape index (κ2) is 9.18. The number of hydrogen-bond donors (Lipinski definition) is 3. The van der Waals surface area contributed by atoms with E-state index in [4.69, 9.17) is 9.68 Å². The van der Waals surface area contributed by atoms with E-state index in [2.05, 4.69) is 25.9 Å². The summed E-state index contributed by atoms with van der Waals surface area (Å²) in [6, 6.07) is 14.3. The van der Waals surface area contributed by atoms with Crippen molar-refractivity contribution in [1.82, 2.24) is 4.98 Å². The minimum atomic E-state index is -0.387. The molecule has 0 bridgehead atoms. The topological polar surface area (TPSA) is 115 Å². The van der Waals surface area contributed by atoms with Crippen molar-refractivity contribution in [2.24, 2.45) is 4.99 Å². The van der Waals surface area contributed by atoms with E-state index in [-0.39, 0.29) is 18.0 Å². The fraction of sp³-hybridized carbons (Fsp3) is 0.167. The van der Waals surface area contributed by atoms with Gasteiger partial charge in [0.2, 0.25) is 0 Å². The summed E-state index contributed by atoms with van der Waals surface area (Å²) < 4.78 is 5.90.